The van der Waals surface area contributed by atoms with Crippen molar-refractivity contribution in [1.29, 1.82) is 0 Å². The lowest BCUT2D eigenvalue weighted by Gasteiger charge is -2.02. The number of hydrogen-bond acceptors (Lipinski definition) is 5. The molecule has 1 rings (SSSR count). The molecule has 1 aromatic rings. The van der Waals surface area contributed by atoms with Crippen LogP contribution in [-0.2, 0) is 0 Å². The van der Waals surface area contributed by atoms with Crippen LogP contribution in [0.25, 0.3) is 0 Å². The molecule has 8 nitrogen and oxygen atoms in total. The Bertz CT molecular complexity index is 418. The van der Waals surface area contributed by atoms with E-state index in [4.69, 9.17) is 0 Å². The second kappa shape index (κ2) is 3.48. The zero-order valence-corrected chi connectivity index (χ0v) is 7.96. The number of aromatic nitrogens is 1. The topological polar surface area (TPSA) is 113 Å². The maximum Gasteiger partial charge on any atom is 0.522 e. The van der Waals surface area contributed by atoms with Gasteiger partial charge in [-0.1, -0.05) is 0 Å². The van der Waals surface area contributed by atoms with Gasteiger partial charge in [0.05, 0.1) is 10.5 Å². The number of aryl methyl sites for hydroxylation is 1. The fourth-order valence-electron chi connectivity index (χ4n) is 1.36. The first-order chi connectivity index (χ1) is 6.86. The zero-order chi connectivity index (χ0) is 11.7. The molecule has 0 spiro atoms. The molecule has 1 heterocycles. The van der Waals surface area contributed by atoms with E-state index >= 15 is 0 Å². The molecule has 15 heavy (non-hydrogen) atoms. The minimum atomic E-state index is -0.936. The summed E-state index contributed by atoms with van der Waals surface area (Å²) < 4.78 is 0.0255. The molecule has 8 heteroatoms. The van der Waals surface area contributed by atoms with Gasteiger partial charge in [-0.05, 0) is 13.8 Å². The highest BCUT2D eigenvalue weighted by atomic mass is 16.6. The summed E-state index contributed by atoms with van der Waals surface area (Å²) in [4.78, 5) is 19.4. The molecular formula is C7H7N3O5. The van der Waals surface area contributed by atoms with Gasteiger partial charge in [-0.15, -0.1) is 4.73 Å². The molecule has 0 atom stereocenters. The Labute approximate surface area is 83.6 Å². The van der Waals surface area contributed by atoms with E-state index in [-0.39, 0.29) is 15.9 Å². The summed E-state index contributed by atoms with van der Waals surface area (Å²) >= 11 is 0. The summed E-state index contributed by atoms with van der Waals surface area (Å²) in [7, 11) is 0. The van der Waals surface area contributed by atoms with Crippen LogP contribution in [0.4, 0.5) is 11.5 Å². The van der Waals surface area contributed by atoms with Crippen molar-refractivity contribution in [2.75, 3.05) is 0 Å². The van der Waals surface area contributed by atoms with E-state index in [1.165, 1.54) is 13.8 Å². The standard InChI is InChI=1S/C7H7N3O5/c1-4-3-8(11)7(10(14)15)5(2)6(4)9(12)13/h3H,1-2H3. The van der Waals surface area contributed by atoms with Crippen LogP contribution in [0.1, 0.15) is 11.1 Å². The van der Waals surface area contributed by atoms with Gasteiger partial charge < -0.3 is 5.21 Å². The third-order valence-corrected chi connectivity index (χ3v) is 1.94. The smallest absolute Gasteiger partial charge is 0.522 e. The molecule has 0 N–H and O–H groups in total. The molecule has 80 valence electrons. The van der Waals surface area contributed by atoms with E-state index in [0.29, 0.717) is 0 Å². The summed E-state index contributed by atoms with van der Waals surface area (Å²) in [6.07, 6.45) is 0.823. The van der Waals surface area contributed by atoms with Crippen LogP contribution in [0.15, 0.2) is 6.20 Å². The van der Waals surface area contributed by atoms with Crippen LogP contribution in [0.5, 0.6) is 0 Å². The van der Waals surface area contributed by atoms with E-state index in [0.717, 1.165) is 6.20 Å². The Kier molecular flexibility index (Phi) is 2.51. The molecule has 0 aliphatic heterocycles. The normalized spacial score (nSPS) is 10.0. The Balaban J connectivity index is 3.64. The minimum Gasteiger partial charge on any atom is -0.614 e. The molecule has 0 aliphatic carbocycles. The number of pyridine rings is 1. The van der Waals surface area contributed by atoms with Crippen molar-refractivity contribution in [3.05, 3.63) is 42.8 Å². The quantitative estimate of drug-likeness (QED) is 0.311. The molecular weight excluding hydrogens is 206 g/mol. The van der Waals surface area contributed by atoms with Gasteiger partial charge in [-0.2, -0.15) is 0 Å². The van der Waals surface area contributed by atoms with Gasteiger partial charge in [0.25, 0.3) is 5.69 Å². The van der Waals surface area contributed by atoms with Crippen LogP contribution >= 0.6 is 0 Å². The van der Waals surface area contributed by atoms with E-state index in [1.807, 2.05) is 0 Å². The van der Waals surface area contributed by atoms with Crippen molar-refractivity contribution in [3.63, 3.8) is 0 Å². The Morgan fingerprint density at radius 1 is 1.20 bits per heavy atom. The molecule has 0 saturated carbocycles. The van der Waals surface area contributed by atoms with Crippen molar-refractivity contribution in [2.45, 2.75) is 13.8 Å². The first kappa shape index (κ1) is 10.8. The lowest BCUT2D eigenvalue weighted by molar-refractivity contribution is -0.666. The molecule has 0 aliphatic rings. The summed E-state index contributed by atoms with van der Waals surface area (Å²) in [6, 6.07) is 0. The SMILES string of the molecule is Cc1c[n+]([O-])c([N+](=O)[O-])c(C)c1[N+](=O)[O-]. The van der Waals surface area contributed by atoms with Crippen LogP contribution < -0.4 is 4.73 Å². The van der Waals surface area contributed by atoms with Gasteiger partial charge in [0.2, 0.25) is 0 Å². The Morgan fingerprint density at radius 3 is 2.13 bits per heavy atom. The first-order valence-electron chi connectivity index (χ1n) is 3.88. The number of nitro groups is 2. The average Bonchev–Trinajstić information content (AvgIpc) is 1.99. The van der Waals surface area contributed by atoms with Crippen LogP contribution in [-0.4, -0.2) is 9.85 Å². The largest absolute Gasteiger partial charge is 0.614 e. The summed E-state index contributed by atoms with van der Waals surface area (Å²) in [5.74, 6) is -0.813. The molecule has 0 unspecified atom stereocenters. The average molecular weight is 213 g/mol. The molecule has 0 fully saturated rings. The second-order valence-corrected chi connectivity index (χ2v) is 2.95. The predicted octanol–water partition coefficient (Wildman–Crippen LogP) is 0.753. The highest BCUT2D eigenvalue weighted by molar-refractivity contribution is 5.49. The lowest BCUT2D eigenvalue weighted by Crippen LogP contribution is -2.31. The van der Waals surface area contributed by atoms with E-state index in [9.17, 15) is 25.4 Å². The molecule has 1 aromatic heterocycles. The van der Waals surface area contributed by atoms with Gasteiger partial charge in [0.1, 0.15) is 4.92 Å². The molecule has 0 saturated heterocycles. The molecule has 0 aromatic carbocycles. The van der Waals surface area contributed by atoms with Crippen molar-refractivity contribution in [3.8, 4) is 0 Å². The summed E-state index contributed by atoms with van der Waals surface area (Å²) in [6.45, 7) is 2.53. The van der Waals surface area contributed by atoms with Gasteiger partial charge in [0, 0.05) is 0 Å². The zero-order valence-electron chi connectivity index (χ0n) is 7.96. The second-order valence-electron chi connectivity index (χ2n) is 2.95. The maximum atomic E-state index is 11.1. The minimum absolute atomic E-state index is 0.0255. The fraction of sp³-hybridized carbons (Fsp3) is 0.286. The highest BCUT2D eigenvalue weighted by Gasteiger charge is 2.33. The van der Waals surface area contributed by atoms with Gasteiger partial charge in [0.15, 0.2) is 11.8 Å². The third kappa shape index (κ3) is 1.68. The third-order valence-electron chi connectivity index (χ3n) is 1.94. The summed E-state index contributed by atoms with van der Waals surface area (Å²) in [5.41, 5.74) is -0.535. The molecule has 0 radical (unpaired) electrons. The number of nitrogens with zero attached hydrogens (tertiary/aromatic N) is 3. The van der Waals surface area contributed by atoms with E-state index in [2.05, 4.69) is 0 Å². The Morgan fingerprint density at radius 2 is 1.73 bits per heavy atom. The van der Waals surface area contributed by atoms with Crippen molar-refractivity contribution >= 4 is 11.5 Å². The maximum absolute atomic E-state index is 11.1. The lowest BCUT2D eigenvalue weighted by atomic mass is 10.1. The van der Waals surface area contributed by atoms with E-state index in [1.54, 1.807) is 0 Å². The van der Waals surface area contributed by atoms with Crippen LogP contribution in [0.2, 0.25) is 0 Å². The number of hydrogen-bond donors (Lipinski definition) is 0. The van der Waals surface area contributed by atoms with Gasteiger partial charge in [-0.25, -0.2) is 0 Å². The number of rotatable bonds is 2. The van der Waals surface area contributed by atoms with Crippen molar-refractivity contribution in [2.24, 2.45) is 0 Å². The van der Waals surface area contributed by atoms with Crippen LogP contribution in [0, 0.1) is 39.3 Å². The predicted molar refractivity (Wildman–Crippen MR) is 48.2 cm³/mol. The molecule has 0 amide bonds. The summed E-state index contributed by atoms with van der Waals surface area (Å²) in [5, 5.41) is 32.2. The van der Waals surface area contributed by atoms with Crippen molar-refractivity contribution in [1.82, 2.24) is 0 Å². The fourth-order valence-corrected chi connectivity index (χ4v) is 1.36. The highest BCUT2D eigenvalue weighted by Crippen LogP contribution is 2.26. The monoisotopic (exact) mass is 213 g/mol. The van der Waals surface area contributed by atoms with Gasteiger partial charge >= 0.3 is 5.82 Å². The molecule has 0 bridgehead atoms. The van der Waals surface area contributed by atoms with Crippen molar-refractivity contribution < 1.29 is 14.6 Å². The van der Waals surface area contributed by atoms with Crippen LogP contribution in [0.3, 0.4) is 0 Å². The Hall–Kier alpha value is -2.25. The van der Waals surface area contributed by atoms with E-state index < -0.39 is 21.4 Å². The van der Waals surface area contributed by atoms with Gasteiger partial charge in [-0.3, -0.25) is 20.2 Å². The first-order valence-corrected chi connectivity index (χ1v) is 3.88.